The summed E-state index contributed by atoms with van der Waals surface area (Å²) in [6.45, 7) is 10.9. The molecular weight excluding hydrogens is 338 g/mol. The quantitative estimate of drug-likeness (QED) is 0.392. The van der Waals surface area contributed by atoms with Gasteiger partial charge in [0.15, 0.2) is 0 Å². The highest BCUT2D eigenvalue weighted by Crippen LogP contribution is 2.33. The molecule has 0 fully saturated rings. The molecule has 0 aliphatic carbocycles. The molecule has 0 heterocycles. The van der Waals surface area contributed by atoms with E-state index in [0.29, 0.717) is 0 Å². The Balaban J connectivity index is 2.01. The third-order valence-corrected chi connectivity index (χ3v) is 5.80. The maximum absolute atomic E-state index is 2.39. The zero-order valence-electron chi connectivity index (χ0n) is 17.8. The van der Waals surface area contributed by atoms with Gasteiger partial charge in [0.25, 0.3) is 0 Å². The molecule has 0 amide bonds. The lowest BCUT2D eigenvalue weighted by molar-refractivity contribution is 0.864. The van der Waals surface area contributed by atoms with Gasteiger partial charge < -0.3 is 4.90 Å². The van der Waals surface area contributed by atoms with Crippen molar-refractivity contribution < 1.29 is 0 Å². The van der Waals surface area contributed by atoms with Gasteiger partial charge in [-0.1, -0.05) is 74.5 Å². The molecule has 0 N–H and O–H groups in total. The van der Waals surface area contributed by atoms with Crippen LogP contribution in [0.15, 0.2) is 72.8 Å². The van der Waals surface area contributed by atoms with Crippen LogP contribution in [0.25, 0.3) is 0 Å². The maximum Gasteiger partial charge on any atom is 0.0366 e. The number of nitrogens with zero attached hydrogens (tertiary/aromatic N) is 1. The smallest absolute Gasteiger partial charge is 0.0366 e. The van der Waals surface area contributed by atoms with Crippen molar-refractivity contribution in [1.29, 1.82) is 0 Å². The Labute approximate surface area is 171 Å². The van der Waals surface area contributed by atoms with Crippen LogP contribution in [-0.4, -0.2) is 13.1 Å². The van der Waals surface area contributed by atoms with Gasteiger partial charge in [-0.3, -0.25) is 0 Å². The fourth-order valence-electron chi connectivity index (χ4n) is 3.94. The number of hydrogen-bond acceptors (Lipinski definition) is 1. The number of benzene rings is 3. The van der Waals surface area contributed by atoms with Crippen LogP contribution in [0.5, 0.6) is 0 Å². The van der Waals surface area contributed by atoms with Crippen molar-refractivity contribution in [1.82, 2.24) is 0 Å². The zero-order chi connectivity index (χ0) is 19.9. The first kappa shape index (κ1) is 20.2. The lowest BCUT2D eigenvalue weighted by atomic mass is 9.84. The Morgan fingerprint density at radius 3 is 1.21 bits per heavy atom. The van der Waals surface area contributed by atoms with E-state index in [1.165, 1.54) is 33.5 Å². The summed E-state index contributed by atoms with van der Waals surface area (Å²) in [4.78, 5) is 2.39. The second-order valence-corrected chi connectivity index (χ2v) is 7.39. The van der Waals surface area contributed by atoms with Crippen molar-refractivity contribution in [2.45, 2.75) is 46.5 Å². The van der Waals surface area contributed by atoms with Crippen LogP contribution in [-0.2, 0) is 12.8 Å². The Kier molecular flexibility index (Phi) is 6.92. The number of aryl methyl sites for hydroxylation is 2. The molecule has 3 aromatic rings. The minimum atomic E-state index is 0.266. The van der Waals surface area contributed by atoms with E-state index in [-0.39, 0.29) is 5.92 Å². The molecule has 0 radical (unpaired) electrons. The molecule has 0 atom stereocenters. The van der Waals surface area contributed by atoms with Crippen LogP contribution >= 0.6 is 0 Å². The fraction of sp³-hybridized carbons (Fsp3) is 0.333. The first-order valence-corrected chi connectivity index (χ1v) is 10.7. The van der Waals surface area contributed by atoms with Crippen molar-refractivity contribution in [3.05, 3.63) is 101 Å². The van der Waals surface area contributed by atoms with Gasteiger partial charge in [0.1, 0.15) is 0 Å². The van der Waals surface area contributed by atoms with E-state index in [2.05, 4.69) is 105 Å². The van der Waals surface area contributed by atoms with Gasteiger partial charge in [0.2, 0.25) is 0 Å². The first-order chi connectivity index (χ1) is 13.7. The van der Waals surface area contributed by atoms with Crippen molar-refractivity contribution >= 4 is 5.69 Å². The normalized spacial score (nSPS) is 11.0. The molecule has 0 saturated heterocycles. The summed E-state index contributed by atoms with van der Waals surface area (Å²) < 4.78 is 0. The summed E-state index contributed by atoms with van der Waals surface area (Å²) in [5.41, 5.74) is 8.15. The molecule has 3 rings (SSSR count). The number of anilines is 1. The highest BCUT2D eigenvalue weighted by atomic mass is 15.1. The highest BCUT2D eigenvalue weighted by molar-refractivity contribution is 5.51. The van der Waals surface area contributed by atoms with Gasteiger partial charge in [-0.25, -0.2) is 0 Å². The van der Waals surface area contributed by atoms with E-state index < -0.39 is 0 Å². The minimum absolute atomic E-state index is 0.266. The van der Waals surface area contributed by atoms with Crippen LogP contribution in [0.2, 0.25) is 0 Å². The molecule has 0 aromatic heterocycles. The zero-order valence-corrected chi connectivity index (χ0v) is 17.8. The van der Waals surface area contributed by atoms with Gasteiger partial charge in [-0.05, 0) is 66.6 Å². The molecular formula is C27H33N. The van der Waals surface area contributed by atoms with Crippen LogP contribution < -0.4 is 4.90 Å². The molecule has 0 unspecified atom stereocenters. The monoisotopic (exact) mass is 371 g/mol. The molecule has 0 bridgehead atoms. The van der Waals surface area contributed by atoms with Crippen molar-refractivity contribution in [2.75, 3.05) is 18.0 Å². The summed E-state index contributed by atoms with van der Waals surface area (Å²) >= 11 is 0. The lowest BCUT2D eigenvalue weighted by Crippen LogP contribution is -2.21. The van der Waals surface area contributed by atoms with Gasteiger partial charge in [-0.2, -0.15) is 0 Å². The molecule has 0 spiro atoms. The van der Waals surface area contributed by atoms with Crippen molar-refractivity contribution in [2.24, 2.45) is 0 Å². The van der Waals surface area contributed by atoms with E-state index in [4.69, 9.17) is 0 Å². The number of rotatable bonds is 8. The summed E-state index contributed by atoms with van der Waals surface area (Å²) in [6.07, 6.45) is 2.16. The molecule has 0 saturated carbocycles. The predicted molar refractivity (Wildman–Crippen MR) is 123 cm³/mol. The first-order valence-electron chi connectivity index (χ1n) is 10.7. The highest BCUT2D eigenvalue weighted by Gasteiger charge is 2.17. The topological polar surface area (TPSA) is 3.24 Å². The summed E-state index contributed by atoms with van der Waals surface area (Å²) in [6, 6.07) is 27.4. The van der Waals surface area contributed by atoms with E-state index in [9.17, 15) is 0 Å². The summed E-state index contributed by atoms with van der Waals surface area (Å²) in [5, 5.41) is 0. The summed E-state index contributed by atoms with van der Waals surface area (Å²) in [5.74, 6) is 0.266. The third kappa shape index (κ3) is 4.47. The molecule has 146 valence electrons. The van der Waals surface area contributed by atoms with Crippen molar-refractivity contribution in [3.8, 4) is 0 Å². The molecule has 28 heavy (non-hydrogen) atoms. The largest absolute Gasteiger partial charge is 0.372 e. The van der Waals surface area contributed by atoms with Gasteiger partial charge in [0, 0.05) is 24.7 Å². The van der Waals surface area contributed by atoms with E-state index in [0.717, 1.165) is 25.9 Å². The average molecular weight is 372 g/mol. The van der Waals surface area contributed by atoms with E-state index >= 15 is 0 Å². The Bertz CT molecular complexity index is 793. The lowest BCUT2D eigenvalue weighted by Gasteiger charge is -2.23. The Hall–Kier alpha value is -2.54. The van der Waals surface area contributed by atoms with Crippen molar-refractivity contribution in [3.63, 3.8) is 0 Å². The van der Waals surface area contributed by atoms with Gasteiger partial charge in [-0.15, -0.1) is 0 Å². The SMILES string of the molecule is CCc1ccc(C(c2ccc(CC)cc2)c2ccc(N(CC)CC)cc2)cc1. The third-order valence-electron chi connectivity index (χ3n) is 5.80. The van der Waals surface area contributed by atoms with Gasteiger partial charge >= 0.3 is 0 Å². The van der Waals surface area contributed by atoms with E-state index in [1.807, 2.05) is 0 Å². The van der Waals surface area contributed by atoms with Crippen LogP contribution in [0, 0.1) is 0 Å². The second kappa shape index (κ2) is 9.59. The maximum atomic E-state index is 2.39. The standard InChI is InChI=1S/C27H33N/c1-5-21-9-13-23(14-10-21)27(24-15-11-22(6-2)12-16-24)25-17-19-26(20-18-25)28(7-3)8-4/h9-20,27H,5-8H2,1-4H3. The second-order valence-electron chi connectivity index (χ2n) is 7.39. The number of hydrogen-bond donors (Lipinski definition) is 0. The summed E-state index contributed by atoms with van der Waals surface area (Å²) in [7, 11) is 0. The van der Waals surface area contributed by atoms with Crippen LogP contribution in [0.1, 0.15) is 61.4 Å². The van der Waals surface area contributed by atoms with Crippen LogP contribution in [0.4, 0.5) is 5.69 Å². The van der Waals surface area contributed by atoms with E-state index in [1.54, 1.807) is 0 Å². The molecule has 1 heteroatoms. The predicted octanol–water partition coefficient (Wildman–Crippen LogP) is 6.84. The Morgan fingerprint density at radius 1 is 0.536 bits per heavy atom. The fourth-order valence-corrected chi connectivity index (χ4v) is 3.94. The Morgan fingerprint density at radius 2 is 0.893 bits per heavy atom. The molecule has 1 nitrogen and oxygen atoms in total. The molecule has 3 aromatic carbocycles. The average Bonchev–Trinajstić information content (AvgIpc) is 2.77. The minimum Gasteiger partial charge on any atom is -0.372 e. The molecule has 0 aliphatic rings. The molecule has 0 aliphatic heterocycles. The van der Waals surface area contributed by atoms with Gasteiger partial charge in [0.05, 0.1) is 0 Å². The van der Waals surface area contributed by atoms with Crippen LogP contribution in [0.3, 0.4) is 0 Å².